The molecule has 114 heavy (non-hydrogen) atoms. The van der Waals surface area contributed by atoms with Crippen LogP contribution in [0.15, 0.2) is 110 Å². The van der Waals surface area contributed by atoms with Crippen LogP contribution in [-0.4, -0.2) is 163 Å². The van der Waals surface area contributed by atoms with Gasteiger partial charge < -0.3 is 50.3 Å². The van der Waals surface area contributed by atoms with Crippen LogP contribution in [0.5, 0.6) is 0 Å². The number of nitrogens with zero attached hydrogens (tertiary/aromatic N) is 9. The smallest absolute Gasteiger partial charge is 0.309 e. The lowest BCUT2D eigenvalue weighted by atomic mass is 9.91. The van der Waals surface area contributed by atoms with Crippen LogP contribution in [0.3, 0.4) is 0 Å². The van der Waals surface area contributed by atoms with Crippen LogP contribution in [0.4, 0.5) is 17.8 Å². The number of hydrogen-bond donors (Lipinski definition) is 10. The third kappa shape index (κ3) is 31.6. The van der Waals surface area contributed by atoms with E-state index in [-0.39, 0.29) is 41.0 Å². The molecule has 4 atom stereocenters. The highest BCUT2D eigenvalue weighted by Crippen LogP contribution is 2.28. The number of hydroxylamine groups is 3. The Bertz CT molecular complexity index is 3830. The number of aromatic nitrogens is 6. The Hall–Kier alpha value is -9.16. The predicted molar refractivity (Wildman–Crippen MR) is 436 cm³/mol. The molecule has 28 nitrogen and oxygen atoms in total. The predicted octanol–water partition coefficient (Wildman–Crippen LogP) is 12.1. The molecule has 6 aromatic rings. The summed E-state index contributed by atoms with van der Waals surface area (Å²) in [5.41, 5.74) is 13.6. The first-order valence-corrected chi connectivity index (χ1v) is 41.1. The monoisotopic (exact) mass is 1580 g/mol. The molecule has 4 aliphatic rings. The van der Waals surface area contributed by atoms with Crippen molar-refractivity contribution < 1.29 is 63.7 Å². The standard InChI is InChI=1S/C31H47N5O5.C30H43N5O4.C25H35N5O4/c1-21(2)16-26(30(38)39)11-10-24-6-8-25(9-7-24)17-32-28-12-14-36(15-13-28)31-33-18-27(19-34-31)29(37)35-41-23(5)40-20-22(3)4;1-21(2)17-24(29(37)39-27-5-3-4-6-27)12-11-22-7-9-23(10-8-22)18-31-26-13-15-35(16-14-26)30-32-19-25(20-33-30)28(36)34-38;1-17(2)13-20(24(32)33)8-7-18-3-5-19(6-4-18)14-26-22-9-11-30(12-10-22)25-27-15-21(16-28-25)23(31)29-34/h6-9,18-19,21-23,26,28,32H,10-17,20H2,1-5H3,(H,35,37)(H,38,39);7-10,19-21,24,26-27,31,38H,3-6,11-18H2,1-2H3,(H,34,36);3-6,15-17,20,22,26,34H,7-14H2,1-2H3,(H,29,31)(H,32,33)/t23?,26-;24-;20-/m000/s1. The number of benzene rings is 3. The summed E-state index contributed by atoms with van der Waals surface area (Å²) in [6, 6.07) is 26.9. The molecule has 3 aromatic heterocycles. The van der Waals surface area contributed by atoms with Gasteiger partial charge in [-0.15, -0.1) is 0 Å². The van der Waals surface area contributed by atoms with E-state index in [2.05, 4.69) is 180 Å². The number of aryl methyl sites for hydroxylation is 3. The van der Waals surface area contributed by atoms with E-state index in [1.807, 2.05) is 13.8 Å². The van der Waals surface area contributed by atoms with Gasteiger partial charge in [-0.05, 0) is 186 Å². The second-order valence-electron chi connectivity index (χ2n) is 32.5. The lowest BCUT2D eigenvalue weighted by Crippen LogP contribution is -2.43. The number of aliphatic carboxylic acids is 2. The maximum atomic E-state index is 12.8. The third-order valence-corrected chi connectivity index (χ3v) is 21.3. The molecule has 622 valence electrons. The average Bonchev–Trinajstić information content (AvgIpc) is 0.991. The van der Waals surface area contributed by atoms with E-state index >= 15 is 0 Å². The van der Waals surface area contributed by atoms with Gasteiger partial charge in [-0.1, -0.05) is 128 Å². The van der Waals surface area contributed by atoms with Gasteiger partial charge in [0.25, 0.3) is 17.7 Å². The van der Waals surface area contributed by atoms with Crippen LogP contribution in [0.2, 0.25) is 0 Å². The number of carboxylic acids is 2. The number of carbonyl (C=O) groups is 6. The molecular formula is C86H125N15O13. The Balaban J connectivity index is 0.000000215. The molecule has 10 rings (SSSR count). The van der Waals surface area contributed by atoms with Gasteiger partial charge in [-0.2, -0.15) is 0 Å². The summed E-state index contributed by atoms with van der Waals surface area (Å²) in [6.07, 6.45) is 25.4. The van der Waals surface area contributed by atoms with Gasteiger partial charge in [0.05, 0.1) is 41.1 Å². The fourth-order valence-corrected chi connectivity index (χ4v) is 14.6. The van der Waals surface area contributed by atoms with Crippen molar-refractivity contribution in [3.63, 3.8) is 0 Å². The van der Waals surface area contributed by atoms with Crippen molar-refractivity contribution >= 4 is 53.5 Å². The lowest BCUT2D eigenvalue weighted by molar-refractivity contribution is -0.163. The molecule has 1 saturated carbocycles. The average molecular weight is 1580 g/mol. The minimum absolute atomic E-state index is 0.000133. The maximum absolute atomic E-state index is 12.8. The zero-order valence-corrected chi connectivity index (χ0v) is 68.3. The van der Waals surface area contributed by atoms with Crippen LogP contribution in [0, 0.1) is 41.4 Å². The van der Waals surface area contributed by atoms with Crippen LogP contribution >= 0.6 is 0 Å². The van der Waals surface area contributed by atoms with Gasteiger partial charge in [0, 0.05) is 114 Å². The summed E-state index contributed by atoms with van der Waals surface area (Å²) in [4.78, 5) is 108. The zero-order chi connectivity index (χ0) is 81.9. The molecule has 10 N–H and O–H groups in total. The molecule has 6 heterocycles. The van der Waals surface area contributed by atoms with Crippen molar-refractivity contribution in [3.05, 3.63) is 160 Å². The Kier molecular flexibility index (Phi) is 37.8. The fourth-order valence-electron chi connectivity index (χ4n) is 14.6. The van der Waals surface area contributed by atoms with Crippen molar-refractivity contribution in [2.24, 2.45) is 41.4 Å². The van der Waals surface area contributed by atoms with Gasteiger partial charge in [-0.25, -0.2) is 51.2 Å². The number of carbonyl (C=O) groups excluding carboxylic acids is 4. The van der Waals surface area contributed by atoms with Gasteiger partial charge >= 0.3 is 17.9 Å². The van der Waals surface area contributed by atoms with Crippen LogP contribution < -0.4 is 47.1 Å². The van der Waals surface area contributed by atoms with Crippen molar-refractivity contribution in [2.75, 3.05) is 60.6 Å². The van der Waals surface area contributed by atoms with Crippen LogP contribution in [0.25, 0.3) is 0 Å². The van der Waals surface area contributed by atoms with Gasteiger partial charge in [0.2, 0.25) is 17.8 Å². The Morgan fingerprint density at radius 2 is 0.711 bits per heavy atom. The molecule has 4 fully saturated rings. The van der Waals surface area contributed by atoms with E-state index in [0.717, 1.165) is 142 Å². The van der Waals surface area contributed by atoms with Crippen molar-refractivity contribution in [3.8, 4) is 0 Å². The zero-order valence-electron chi connectivity index (χ0n) is 68.3. The van der Waals surface area contributed by atoms with Crippen molar-refractivity contribution in [2.45, 2.75) is 234 Å². The van der Waals surface area contributed by atoms with Crippen molar-refractivity contribution in [1.82, 2.24) is 62.3 Å². The largest absolute Gasteiger partial charge is 0.481 e. The second-order valence-corrected chi connectivity index (χ2v) is 32.5. The number of nitrogens with one attached hydrogen (secondary N) is 6. The SMILES string of the molecule is CC(C)COC(C)ONC(=O)c1cnc(N2CCC(NCc3ccc(CC[C@@H](CC(C)C)C(=O)O)cc3)CC2)nc1.CC(C)C[C@H](CCc1ccc(CNC2CCN(c3ncc(C(=O)NO)cn3)CC2)cc1)C(=O)O.CC(C)C[C@H](CCc1ccc(CNC2CCN(c3ncc(C(=O)NO)cn3)CC2)cc1)C(=O)OC1CCCC1. The maximum Gasteiger partial charge on any atom is 0.309 e. The minimum Gasteiger partial charge on any atom is -0.481 e. The van der Waals surface area contributed by atoms with E-state index in [4.69, 9.17) is 24.7 Å². The van der Waals surface area contributed by atoms with Gasteiger partial charge in [0.15, 0.2) is 6.29 Å². The number of amides is 3. The Morgan fingerprint density at radius 3 is 1.01 bits per heavy atom. The number of hydrogen-bond acceptors (Lipinski definition) is 23. The summed E-state index contributed by atoms with van der Waals surface area (Å²) in [5, 5.41) is 47.2. The molecule has 0 radical (unpaired) electrons. The summed E-state index contributed by atoms with van der Waals surface area (Å²) in [5.74, 6) is -0.228. The van der Waals surface area contributed by atoms with E-state index in [0.29, 0.717) is 97.5 Å². The molecule has 3 amide bonds. The summed E-state index contributed by atoms with van der Waals surface area (Å²) in [6.45, 7) is 26.3. The first-order valence-electron chi connectivity index (χ1n) is 41.1. The molecule has 3 aliphatic heterocycles. The molecule has 0 bridgehead atoms. The van der Waals surface area contributed by atoms with E-state index in [9.17, 15) is 39.0 Å². The molecular weight excluding hydrogens is 1450 g/mol. The number of ether oxygens (including phenoxy) is 2. The summed E-state index contributed by atoms with van der Waals surface area (Å²) >= 11 is 0. The minimum atomic E-state index is -0.696. The van der Waals surface area contributed by atoms with Gasteiger partial charge in [0.1, 0.15) is 6.10 Å². The Labute approximate surface area is 672 Å². The molecule has 1 unspecified atom stereocenters. The third-order valence-electron chi connectivity index (χ3n) is 21.3. The van der Waals surface area contributed by atoms with E-state index in [1.54, 1.807) is 17.9 Å². The first kappa shape index (κ1) is 90.4. The normalized spacial score (nSPS) is 16.2. The molecule has 28 heteroatoms. The fraction of sp³-hybridized carbons (Fsp3) is 0.581. The molecule has 1 aliphatic carbocycles. The number of carboxylic acid groups (broad SMARTS) is 2. The lowest BCUT2D eigenvalue weighted by Gasteiger charge is -2.32. The van der Waals surface area contributed by atoms with Gasteiger partial charge in [-0.3, -0.25) is 39.2 Å². The number of piperidine rings is 3. The number of rotatable bonds is 39. The molecule has 0 spiro atoms. The Morgan fingerprint density at radius 1 is 0.412 bits per heavy atom. The molecule has 3 aromatic carbocycles. The van der Waals surface area contributed by atoms with E-state index < -0.39 is 36.0 Å². The summed E-state index contributed by atoms with van der Waals surface area (Å²) in [7, 11) is 0. The highest BCUT2D eigenvalue weighted by Gasteiger charge is 2.29. The second kappa shape index (κ2) is 47.6. The molecule has 3 saturated heterocycles. The first-order chi connectivity index (χ1) is 54.9. The highest BCUT2D eigenvalue weighted by molar-refractivity contribution is 5.93. The summed E-state index contributed by atoms with van der Waals surface area (Å²) < 4.78 is 11.3. The van der Waals surface area contributed by atoms with E-state index in [1.165, 1.54) is 83.4 Å². The van der Waals surface area contributed by atoms with Crippen LogP contribution in [-0.2, 0) is 67.6 Å². The van der Waals surface area contributed by atoms with Crippen molar-refractivity contribution in [1.29, 1.82) is 0 Å². The van der Waals surface area contributed by atoms with Crippen LogP contribution in [0.1, 0.15) is 230 Å². The quantitative estimate of drug-likeness (QED) is 0.00741. The topological polar surface area (TPSA) is 370 Å². The number of anilines is 3. The highest BCUT2D eigenvalue weighted by atomic mass is 16.8. The number of esters is 1.